The maximum absolute atomic E-state index is 13.8. The molecule has 0 radical (unpaired) electrons. The van der Waals surface area contributed by atoms with E-state index >= 15 is 0 Å². The molecule has 0 N–H and O–H groups in total. The van der Waals surface area contributed by atoms with Crippen molar-refractivity contribution in [2.75, 3.05) is 16.5 Å². The van der Waals surface area contributed by atoms with Crippen molar-refractivity contribution < 1.29 is 18.0 Å². The fourth-order valence-corrected chi connectivity index (χ4v) is 4.97. The van der Waals surface area contributed by atoms with Crippen LogP contribution in [0.2, 0.25) is 0 Å². The Morgan fingerprint density at radius 1 is 1.06 bits per heavy atom. The number of para-hydroxylation sites is 1. The molecule has 0 spiro atoms. The molecule has 33 heavy (non-hydrogen) atoms. The molecule has 7 heteroatoms. The molecule has 0 unspecified atom stereocenters. The zero-order valence-electron chi connectivity index (χ0n) is 18.7. The van der Waals surface area contributed by atoms with Crippen molar-refractivity contribution >= 4 is 23.0 Å². The fraction of sp³-hybridized carbons (Fsp3) is 0.308. The summed E-state index contributed by atoms with van der Waals surface area (Å²) in [5, 5.41) is 4.50. The Hall–Kier alpha value is -3.35. The van der Waals surface area contributed by atoms with Gasteiger partial charge in [-0.1, -0.05) is 49.7 Å². The van der Waals surface area contributed by atoms with Gasteiger partial charge in [0.05, 0.1) is 11.3 Å². The average molecular weight is 451 g/mol. The SMILES string of the molecule is Cc1ccc(N2N=C(C(F)(F)F)/C(=C/C=C3/N4CCCc5cccc(c54)C3(C)C)C2=O)cc1. The van der Waals surface area contributed by atoms with Gasteiger partial charge in [-0.2, -0.15) is 23.3 Å². The van der Waals surface area contributed by atoms with Gasteiger partial charge in [0.25, 0.3) is 5.91 Å². The second-order valence-electron chi connectivity index (χ2n) is 9.22. The van der Waals surface area contributed by atoms with Crippen molar-refractivity contribution in [3.63, 3.8) is 0 Å². The number of hydrazone groups is 1. The standard InChI is InChI=1S/C26H24F3N3O/c1-16-9-11-18(12-10-16)32-24(33)19(23(30-32)26(27,28)29)13-14-21-25(2,3)20-8-4-6-17-7-5-15-31(21)22(17)20/h4,6,8-14H,5,7,15H2,1-3H3/b19-13-,21-14+. The highest BCUT2D eigenvalue weighted by Gasteiger charge is 2.47. The van der Waals surface area contributed by atoms with Crippen LogP contribution >= 0.6 is 0 Å². The predicted octanol–water partition coefficient (Wildman–Crippen LogP) is 5.81. The Morgan fingerprint density at radius 2 is 1.79 bits per heavy atom. The molecule has 170 valence electrons. The van der Waals surface area contributed by atoms with E-state index in [4.69, 9.17) is 0 Å². The lowest BCUT2D eigenvalue weighted by Gasteiger charge is -2.30. The molecule has 4 nitrogen and oxygen atoms in total. The quantitative estimate of drug-likeness (QED) is 0.540. The smallest absolute Gasteiger partial charge is 0.344 e. The van der Waals surface area contributed by atoms with E-state index in [1.807, 2.05) is 13.0 Å². The van der Waals surface area contributed by atoms with Gasteiger partial charge in [-0.05, 0) is 55.2 Å². The van der Waals surface area contributed by atoms with Crippen molar-refractivity contribution in [2.24, 2.45) is 5.10 Å². The molecule has 2 aromatic carbocycles. The third-order valence-corrected chi connectivity index (χ3v) is 6.65. The van der Waals surface area contributed by atoms with Crippen LogP contribution in [0.1, 0.15) is 37.0 Å². The number of aryl methyl sites for hydroxylation is 2. The summed E-state index contributed by atoms with van der Waals surface area (Å²) in [4.78, 5) is 15.2. The molecule has 2 aromatic rings. The molecule has 0 saturated carbocycles. The van der Waals surface area contributed by atoms with Crippen LogP contribution in [0.15, 0.2) is 71.0 Å². The Bertz CT molecular complexity index is 1240. The summed E-state index contributed by atoms with van der Waals surface area (Å²) in [6, 6.07) is 12.9. The van der Waals surface area contributed by atoms with Crippen LogP contribution in [0.4, 0.5) is 24.5 Å². The maximum Gasteiger partial charge on any atom is 0.435 e. The van der Waals surface area contributed by atoms with E-state index in [2.05, 4.69) is 36.0 Å². The minimum absolute atomic E-state index is 0.303. The summed E-state index contributed by atoms with van der Waals surface area (Å²) in [5.41, 5.74) is 3.70. The number of rotatable bonds is 2. The van der Waals surface area contributed by atoms with E-state index < -0.39 is 23.4 Å². The van der Waals surface area contributed by atoms with Crippen LogP contribution in [0.25, 0.3) is 0 Å². The number of allylic oxidation sites excluding steroid dienone is 3. The minimum atomic E-state index is -4.74. The number of carbonyl (C=O) groups is 1. The number of anilines is 2. The maximum atomic E-state index is 13.8. The molecule has 0 aliphatic carbocycles. The number of benzene rings is 2. The topological polar surface area (TPSA) is 35.9 Å². The van der Waals surface area contributed by atoms with E-state index in [1.165, 1.54) is 11.6 Å². The summed E-state index contributed by atoms with van der Waals surface area (Å²) in [6.45, 7) is 6.80. The summed E-state index contributed by atoms with van der Waals surface area (Å²) in [5.74, 6) is -0.782. The number of amides is 1. The Kier molecular flexibility index (Phi) is 4.78. The van der Waals surface area contributed by atoms with Crippen LogP contribution in [0, 0.1) is 6.92 Å². The second kappa shape index (κ2) is 7.33. The normalized spacial score (nSPS) is 21.8. The van der Waals surface area contributed by atoms with Crippen LogP contribution in [0.3, 0.4) is 0 Å². The predicted molar refractivity (Wildman–Crippen MR) is 123 cm³/mol. The van der Waals surface area contributed by atoms with E-state index in [0.717, 1.165) is 46.9 Å². The lowest BCUT2D eigenvalue weighted by atomic mass is 9.83. The fourth-order valence-electron chi connectivity index (χ4n) is 4.97. The second-order valence-corrected chi connectivity index (χ2v) is 9.22. The molecule has 0 fully saturated rings. The van der Waals surface area contributed by atoms with Gasteiger partial charge in [-0.3, -0.25) is 4.79 Å². The highest BCUT2D eigenvalue weighted by atomic mass is 19.4. The van der Waals surface area contributed by atoms with Crippen molar-refractivity contribution in [3.8, 4) is 0 Å². The summed E-state index contributed by atoms with van der Waals surface area (Å²) in [7, 11) is 0. The minimum Gasteiger partial charge on any atom is -0.344 e. The molecule has 3 aliphatic heterocycles. The molecule has 0 aromatic heterocycles. The van der Waals surface area contributed by atoms with E-state index in [-0.39, 0.29) is 5.41 Å². The summed E-state index contributed by atoms with van der Waals surface area (Å²) in [6.07, 6.45) is 0.170. The first-order chi connectivity index (χ1) is 15.6. The first-order valence-corrected chi connectivity index (χ1v) is 11.0. The van der Waals surface area contributed by atoms with Gasteiger partial charge in [0, 0.05) is 23.3 Å². The molecule has 3 heterocycles. The monoisotopic (exact) mass is 451 g/mol. The van der Waals surface area contributed by atoms with Gasteiger partial charge in [-0.25, -0.2) is 0 Å². The Morgan fingerprint density at radius 3 is 2.48 bits per heavy atom. The first kappa shape index (κ1) is 21.5. The van der Waals surface area contributed by atoms with Crippen LogP contribution in [-0.2, 0) is 16.6 Å². The number of halogens is 3. The third-order valence-electron chi connectivity index (χ3n) is 6.65. The van der Waals surface area contributed by atoms with Crippen molar-refractivity contribution in [1.82, 2.24) is 0 Å². The lowest BCUT2D eigenvalue weighted by molar-refractivity contribution is -0.114. The third kappa shape index (κ3) is 3.37. The van der Waals surface area contributed by atoms with Crippen LogP contribution in [0.5, 0.6) is 0 Å². The van der Waals surface area contributed by atoms with Crippen molar-refractivity contribution in [3.05, 3.63) is 82.6 Å². The number of alkyl halides is 3. The highest BCUT2D eigenvalue weighted by molar-refractivity contribution is 6.32. The zero-order valence-corrected chi connectivity index (χ0v) is 18.7. The first-order valence-electron chi connectivity index (χ1n) is 11.0. The van der Waals surface area contributed by atoms with E-state index in [1.54, 1.807) is 30.3 Å². The van der Waals surface area contributed by atoms with E-state index in [0.29, 0.717) is 5.69 Å². The molecular formula is C26H24F3N3O. The number of nitrogens with zero attached hydrogens (tertiary/aromatic N) is 3. The summed E-state index contributed by atoms with van der Waals surface area (Å²) >= 11 is 0. The summed E-state index contributed by atoms with van der Waals surface area (Å²) < 4.78 is 41.5. The van der Waals surface area contributed by atoms with Crippen LogP contribution in [-0.4, -0.2) is 24.3 Å². The molecule has 0 saturated heterocycles. The van der Waals surface area contributed by atoms with Gasteiger partial charge in [0.15, 0.2) is 5.71 Å². The molecule has 5 rings (SSSR count). The van der Waals surface area contributed by atoms with Gasteiger partial charge in [0.2, 0.25) is 0 Å². The number of hydrogen-bond acceptors (Lipinski definition) is 3. The largest absolute Gasteiger partial charge is 0.435 e. The number of hydrogen-bond donors (Lipinski definition) is 0. The molecule has 0 atom stereocenters. The zero-order chi connectivity index (χ0) is 23.5. The molecular weight excluding hydrogens is 427 g/mol. The number of carbonyl (C=O) groups excluding carboxylic acids is 1. The molecule has 3 aliphatic rings. The van der Waals surface area contributed by atoms with Crippen molar-refractivity contribution in [2.45, 2.75) is 45.2 Å². The van der Waals surface area contributed by atoms with E-state index in [9.17, 15) is 18.0 Å². The molecule has 1 amide bonds. The Labute approximate surface area is 190 Å². The van der Waals surface area contributed by atoms with Crippen molar-refractivity contribution in [1.29, 1.82) is 0 Å². The highest BCUT2D eigenvalue weighted by Crippen LogP contribution is 2.51. The van der Waals surface area contributed by atoms with Gasteiger partial charge >= 0.3 is 6.18 Å². The Balaban J connectivity index is 1.58. The average Bonchev–Trinajstić information content (AvgIpc) is 3.21. The molecule has 0 bridgehead atoms. The van der Waals surface area contributed by atoms with Crippen LogP contribution < -0.4 is 9.91 Å². The lowest BCUT2D eigenvalue weighted by Crippen LogP contribution is -2.29. The van der Waals surface area contributed by atoms with Gasteiger partial charge in [-0.15, -0.1) is 0 Å². The van der Waals surface area contributed by atoms with Gasteiger partial charge < -0.3 is 4.90 Å². The van der Waals surface area contributed by atoms with Gasteiger partial charge in [0.1, 0.15) is 0 Å².